The van der Waals surface area contributed by atoms with Crippen molar-refractivity contribution in [2.45, 2.75) is 31.8 Å². The Bertz CT molecular complexity index is 726. The zero-order valence-corrected chi connectivity index (χ0v) is 13.1. The molecule has 122 valence electrons. The summed E-state index contributed by atoms with van der Waals surface area (Å²) in [5, 5.41) is 10.4. The van der Waals surface area contributed by atoms with Gasteiger partial charge < -0.3 is 16.0 Å². The number of fused-ring (bicyclic) bond motifs is 1. The van der Waals surface area contributed by atoms with Crippen molar-refractivity contribution in [1.29, 1.82) is 0 Å². The minimum absolute atomic E-state index is 0.0769. The summed E-state index contributed by atoms with van der Waals surface area (Å²) in [5.74, 6) is -0.446. The zero-order chi connectivity index (χ0) is 16.4. The van der Waals surface area contributed by atoms with Crippen LogP contribution in [-0.4, -0.2) is 52.1 Å². The molecule has 2 atom stereocenters. The molecule has 4 N–H and O–H groups in total. The van der Waals surface area contributed by atoms with Crippen LogP contribution in [0.15, 0.2) is 24.3 Å². The molecule has 1 saturated heterocycles. The van der Waals surface area contributed by atoms with Crippen LogP contribution >= 0.6 is 0 Å². The first-order chi connectivity index (χ1) is 11.1. The molecule has 7 heteroatoms. The van der Waals surface area contributed by atoms with Gasteiger partial charge in [0.1, 0.15) is 6.04 Å². The number of nitrogens with zero attached hydrogens (tertiary/aromatic N) is 2. The molecule has 0 saturated carbocycles. The summed E-state index contributed by atoms with van der Waals surface area (Å²) in [6.45, 7) is 2.85. The number of nitrogens with two attached hydrogens (primary N) is 1. The molecule has 7 nitrogen and oxygen atoms in total. The van der Waals surface area contributed by atoms with E-state index in [0.717, 1.165) is 23.7 Å². The summed E-state index contributed by atoms with van der Waals surface area (Å²) >= 11 is 0. The number of hydrogen-bond acceptors (Lipinski definition) is 4. The Labute approximate surface area is 134 Å². The zero-order valence-electron chi connectivity index (χ0n) is 13.1. The first kappa shape index (κ1) is 15.5. The highest BCUT2D eigenvalue weighted by molar-refractivity contribution is 6.05. The molecule has 1 aromatic heterocycles. The second-order valence-corrected chi connectivity index (χ2v) is 5.88. The summed E-state index contributed by atoms with van der Waals surface area (Å²) in [6.07, 6.45) is 1.88. The van der Waals surface area contributed by atoms with Gasteiger partial charge in [-0.05, 0) is 25.8 Å². The second kappa shape index (κ2) is 6.37. The predicted octanol–water partition coefficient (Wildman–Crippen LogP) is 0.631. The first-order valence-electron chi connectivity index (χ1n) is 7.86. The Kier molecular flexibility index (Phi) is 4.29. The summed E-state index contributed by atoms with van der Waals surface area (Å²) in [5.41, 5.74) is 6.80. The molecule has 0 spiro atoms. The van der Waals surface area contributed by atoms with E-state index in [1.54, 1.807) is 11.8 Å². The third-order valence-corrected chi connectivity index (χ3v) is 4.34. The third-order valence-electron chi connectivity index (χ3n) is 4.34. The van der Waals surface area contributed by atoms with Gasteiger partial charge in [0.05, 0.1) is 5.52 Å². The lowest BCUT2D eigenvalue weighted by Crippen LogP contribution is -2.50. The summed E-state index contributed by atoms with van der Waals surface area (Å²) < 4.78 is 0. The van der Waals surface area contributed by atoms with Crippen molar-refractivity contribution in [3.63, 3.8) is 0 Å². The van der Waals surface area contributed by atoms with Gasteiger partial charge >= 0.3 is 0 Å². The molecule has 1 aliphatic heterocycles. The van der Waals surface area contributed by atoms with Crippen molar-refractivity contribution in [3.8, 4) is 0 Å². The Hall–Kier alpha value is -2.41. The minimum Gasteiger partial charge on any atom is -0.339 e. The number of carbonyl (C=O) groups is 2. The average molecular weight is 315 g/mol. The molecule has 1 aromatic carbocycles. The number of H-pyrrole nitrogens is 1. The normalized spacial score (nSPS) is 19.0. The lowest BCUT2D eigenvalue weighted by Gasteiger charge is -2.26. The van der Waals surface area contributed by atoms with Crippen molar-refractivity contribution in [1.82, 2.24) is 20.4 Å². The van der Waals surface area contributed by atoms with E-state index in [0.29, 0.717) is 18.8 Å². The van der Waals surface area contributed by atoms with E-state index in [2.05, 4.69) is 15.5 Å². The van der Waals surface area contributed by atoms with Crippen LogP contribution in [0, 0.1) is 0 Å². The largest absolute Gasteiger partial charge is 0.339 e. The van der Waals surface area contributed by atoms with Crippen molar-refractivity contribution in [3.05, 3.63) is 30.0 Å². The fourth-order valence-corrected chi connectivity index (χ4v) is 3.08. The van der Waals surface area contributed by atoms with Crippen molar-refractivity contribution in [2.75, 3.05) is 13.1 Å². The van der Waals surface area contributed by atoms with Gasteiger partial charge in [-0.1, -0.05) is 18.2 Å². The highest BCUT2D eigenvalue weighted by Gasteiger charge is 2.31. The van der Waals surface area contributed by atoms with Crippen LogP contribution in [0.1, 0.15) is 30.3 Å². The topological polar surface area (TPSA) is 104 Å². The number of likely N-dealkylation sites (tertiary alicyclic amines) is 1. The Balaban J connectivity index is 1.71. The number of benzene rings is 1. The number of aromatic amines is 1. The Morgan fingerprint density at radius 2 is 2.26 bits per heavy atom. The molecule has 2 heterocycles. The van der Waals surface area contributed by atoms with Crippen LogP contribution in [0.3, 0.4) is 0 Å². The van der Waals surface area contributed by atoms with E-state index in [1.807, 2.05) is 24.3 Å². The highest BCUT2D eigenvalue weighted by atomic mass is 16.2. The molecule has 1 fully saturated rings. The Morgan fingerprint density at radius 1 is 1.48 bits per heavy atom. The summed E-state index contributed by atoms with van der Waals surface area (Å²) in [7, 11) is 0. The van der Waals surface area contributed by atoms with Crippen molar-refractivity contribution in [2.24, 2.45) is 5.73 Å². The van der Waals surface area contributed by atoms with Gasteiger partial charge in [0, 0.05) is 24.5 Å². The van der Waals surface area contributed by atoms with Crippen LogP contribution in [0.2, 0.25) is 0 Å². The van der Waals surface area contributed by atoms with Gasteiger partial charge in [0.2, 0.25) is 5.91 Å². The maximum atomic E-state index is 12.5. The van der Waals surface area contributed by atoms with Crippen LogP contribution in [-0.2, 0) is 4.79 Å². The molecule has 2 aromatic rings. The standard InChI is InChI=1S/C16H21N5O2/c1-10(16(23)21-8-4-5-11(21)9-17)18-15(22)14-12-6-2-3-7-13(12)19-20-14/h2-3,6-7,10-11H,4-5,8-9,17H2,1H3,(H,18,22)(H,19,20). The summed E-state index contributed by atoms with van der Waals surface area (Å²) in [6, 6.07) is 6.86. The number of hydrogen-bond donors (Lipinski definition) is 3. The number of nitrogens with one attached hydrogen (secondary N) is 2. The van der Waals surface area contributed by atoms with E-state index in [4.69, 9.17) is 5.73 Å². The quantitative estimate of drug-likeness (QED) is 0.769. The second-order valence-electron chi connectivity index (χ2n) is 5.88. The smallest absolute Gasteiger partial charge is 0.273 e. The Morgan fingerprint density at radius 3 is 3.04 bits per heavy atom. The van der Waals surface area contributed by atoms with E-state index >= 15 is 0 Å². The number of amides is 2. The fraction of sp³-hybridized carbons (Fsp3) is 0.438. The third kappa shape index (κ3) is 2.92. The van der Waals surface area contributed by atoms with Crippen LogP contribution in [0.5, 0.6) is 0 Å². The molecule has 23 heavy (non-hydrogen) atoms. The van der Waals surface area contributed by atoms with Gasteiger partial charge in [0.25, 0.3) is 5.91 Å². The molecule has 0 aliphatic carbocycles. The monoisotopic (exact) mass is 315 g/mol. The van der Waals surface area contributed by atoms with Crippen LogP contribution < -0.4 is 11.1 Å². The van der Waals surface area contributed by atoms with Crippen LogP contribution in [0.4, 0.5) is 0 Å². The highest BCUT2D eigenvalue weighted by Crippen LogP contribution is 2.18. The SMILES string of the molecule is CC(NC(=O)c1n[nH]c2ccccc12)C(=O)N1CCCC1CN. The maximum Gasteiger partial charge on any atom is 0.273 e. The maximum absolute atomic E-state index is 12.5. The van der Waals surface area contributed by atoms with E-state index in [1.165, 1.54) is 0 Å². The number of para-hydroxylation sites is 1. The first-order valence-corrected chi connectivity index (χ1v) is 7.86. The molecule has 0 bridgehead atoms. The van der Waals surface area contributed by atoms with Gasteiger partial charge in [-0.3, -0.25) is 14.7 Å². The summed E-state index contributed by atoms with van der Waals surface area (Å²) in [4.78, 5) is 26.7. The molecule has 1 aliphatic rings. The van der Waals surface area contributed by atoms with Gasteiger partial charge in [-0.25, -0.2) is 0 Å². The van der Waals surface area contributed by atoms with Crippen molar-refractivity contribution < 1.29 is 9.59 Å². The molecule has 2 amide bonds. The molecule has 2 unspecified atom stereocenters. The predicted molar refractivity (Wildman–Crippen MR) is 86.8 cm³/mol. The van der Waals surface area contributed by atoms with Gasteiger partial charge in [0.15, 0.2) is 5.69 Å². The van der Waals surface area contributed by atoms with E-state index in [-0.39, 0.29) is 17.9 Å². The fourth-order valence-electron chi connectivity index (χ4n) is 3.08. The molecular weight excluding hydrogens is 294 g/mol. The number of aromatic nitrogens is 2. The molecular formula is C16H21N5O2. The molecule has 3 rings (SSSR count). The van der Waals surface area contributed by atoms with E-state index in [9.17, 15) is 9.59 Å². The number of rotatable bonds is 4. The van der Waals surface area contributed by atoms with Crippen LogP contribution in [0.25, 0.3) is 10.9 Å². The van der Waals surface area contributed by atoms with Gasteiger partial charge in [-0.2, -0.15) is 5.10 Å². The molecule has 0 radical (unpaired) electrons. The minimum atomic E-state index is -0.606. The van der Waals surface area contributed by atoms with E-state index < -0.39 is 6.04 Å². The van der Waals surface area contributed by atoms with Crippen molar-refractivity contribution >= 4 is 22.7 Å². The van der Waals surface area contributed by atoms with Gasteiger partial charge in [-0.15, -0.1) is 0 Å². The lowest BCUT2D eigenvalue weighted by atomic mass is 10.2. The number of carbonyl (C=O) groups excluding carboxylic acids is 2. The lowest BCUT2D eigenvalue weighted by molar-refractivity contribution is -0.133. The average Bonchev–Trinajstić information content (AvgIpc) is 3.20.